The molecule has 4 nitrogen and oxygen atoms in total. The molecule has 98 valence electrons. The van der Waals surface area contributed by atoms with E-state index in [9.17, 15) is 4.79 Å². The van der Waals surface area contributed by atoms with E-state index in [1.807, 2.05) is 26.0 Å². The van der Waals surface area contributed by atoms with Gasteiger partial charge in [0.25, 0.3) is 0 Å². The van der Waals surface area contributed by atoms with Crippen LogP contribution >= 0.6 is 0 Å². The topological polar surface area (TPSA) is 68.0 Å². The molecule has 0 unspecified atom stereocenters. The van der Waals surface area contributed by atoms with Crippen LogP contribution in [0.4, 0.5) is 11.5 Å². The summed E-state index contributed by atoms with van der Waals surface area (Å²) in [4.78, 5) is 16.0. The fraction of sp³-hybridized carbons (Fsp3) is 0.200. The summed E-state index contributed by atoms with van der Waals surface area (Å²) < 4.78 is 0. The van der Waals surface area contributed by atoms with Crippen LogP contribution < -0.4 is 11.1 Å². The van der Waals surface area contributed by atoms with Gasteiger partial charge in [-0.15, -0.1) is 0 Å². The molecule has 4 heteroatoms. The molecule has 0 fully saturated rings. The lowest BCUT2D eigenvalue weighted by Gasteiger charge is -2.08. The van der Waals surface area contributed by atoms with Gasteiger partial charge in [-0.25, -0.2) is 4.98 Å². The Kier molecular flexibility index (Phi) is 3.80. The first-order valence-electron chi connectivity index (χ1n) is 6.12. The Morgan fingerprint density at radius 2 is 2.05 bits per heavy atom. The minimum atomic E-state index is -0.0794. The maximum atomic E-state index is 11.9. The second-order valence-electron chi connectivity index (χ2n) is 4.63. The number of aryl methyl sites for hydroxylation is 2. The molecule has 0 aliphatic carbocycles. The molecule has 1 aromatic heterocycles. The van der Waals surface area contributed by atoms with E-state index in [1.54, 1.807) is 12.1 Å². The minimum Gasteiger partial charge on any atom is -0.397 e. The Labute approximate surface area is 112 Å². The minimum absolute atomic E-state index is 0.0794. The Bertz CT molecular complexity index is 591. The first-order chi connectivity index (χ1) is 9.04. The maximum Gasteiger partial charge on any atom is 0.229 e. The van der Waals surface area contributed by atoms with E-state index in [2.05, 4.69) is 16.4 Å². The average Bonchev–Trinajstić information content (AvgIpc) is 2.36. The summed E-state index contributed by atoms with van der Waals surface area (Å²) in [6.07, 6.45) is 1.87. The lowest BCUT2D eigenvalue weighted by atomic mass is 10.0. The van der Waals surface area contributed by atoms with E-state index in [4.69, 9.17) is 5.73 Å². The van der Waals surface area contributed by atoms with Gasteiger partial charge in [0.05, 0.1) is 18.3 Å². The van der Waals surface area contributed by atoms with E-state index in [-0.39, 0.29) is 5.91 Å². The third kappa shape index (κ3) is 3.55. The number of hydrogen-bond acceptors (Lipinski definition) is 3. The van der Waals surface area contributed by atoms with Gasteiger partial charge in [0.15, 0.2) is 0 Å². The summed E-state index contributed by atoms with van der Waals surface area (Å²) in [7, 11) is 0. The predicted octanol–water partition coefficient (Wildman–Crippen LogP) is 2.46. The Hall–Kier alpha value is -2.36. The molecule has 0 radical (unpaired) electrons. The van der Waals surface area contributed by atoms with Gasteiger partial charge < -0.3 is 11.1 Å². The van der Waals surface area contributed by atoms with Crippen LogP contribution in [-0.4, -0.2) is 10.9 Å². The molecule has 0 saturated heterocycles. The lowest BCUT2D eigenvalue weighted by Crippen LogP contribution is -2.15. The largest absolute Gasteiger partial charge is 0.397 e. The second kappa shape index (κ2) is 5.52. The third-order valence-electron chi connectivity index (χ3n) is 2.90. The van der Waals surface area contributed by atoms with Crippen LogP contribution in [-0.2, 0) is 11.2 Å². The van der Waals surface area contributed by atoms with Crippen LogP contribution in [0.3, 0.4) is 0 Å². The molecule has 0 atom stereocenters. The van der Waals surface area contributed by atoms with Gasteiger partial charge in [0, 0.05) is 0 Å². The number of aromatic nitrogens is 1. The highest BCUT2D eigenvalue weighted by atomic mass is 16.1. The Morgan fingerprint density at radius 1 is 1.26 bits per heavy atom. The van der Waals surface area contributed by atoms with Crippen LogP contribution in [0.15, 0.2) is 36.5 Å². The normalized spacial score (nSPS) is 10.2. The highest BCUT2D eigenvalue weighted by molar-refractivity contribution is 5.91. The molecule has 0 bridgehead atoms. The van der Waals surface area contributed by atoms with Gasteiger partial charge in [-0.1, -0.05) is 23.8 Å². The van der Waals surface area contributed by atoms with Gasteiger partial charge in [0.1, 0.15) is 5.82 Å². The smallest absolute Gasteiger partial charge is 0.229 e. The zero-order chi connectivity index (χ0) is 13.8. The summed E-state index contributed by atoms with van der Waals surface area (Å²) in [5, 5.41) is 2.75. The average molecular weight is 255 g/mol. The molecular formula is C15H17N3O. The highest BCUT2D eigenvalue weighted by Gasteiger charge is 2.07. The maximum absolute atomic E-state index is 11.9. The van der Waals surface area contributed by atoms with Crippen molar-refractivity contribution in [3.8, 4) is 0 Å². The number of nitrogen functional groups attached to an aromatic ring is 1. The molecule has 19 heavy (non-hydrogen) atoms. The van der Waals surface area contributed by atoms with E-state index in [0.29, 0.717) is 17.9 Å². The summed E-state index contributed by atoms with van der Waals surface area (Å²) in [6.45, 7) is 4.05. The second-order valence-corrected chi connectivity index (χ2v) is 4.63. The fourth-order valence-electron chi connectivity index (χ4n) is 1.88. The molecule has 0 saturated carbocycles. The number of nitrogens with one attached hydrogen (secondary N) is 1. The molecule has 2 aromatic rings. The van der Waals surface area contributed by atoms with Crippen LogP contribution in [0.25, 0.3) is 0 Å². The number of carbonyl (C=O) groups is 1. The summed E-state index contributed by atoms with van der Waals surface area (Å²) >= 11 is 0. The SMILES string of the molecule is Cc1ccc(CC(=O)Nc2ccc(N)cn2)c(C)c1. The number of carbonyl (C=O) groups excluding carboxylic acids is 1. The van der Waals surface area contributed by atoms with E-state index < -0.39 is 0 Å². The van der Waals surface area contributed by atoms with Crippen molar-refractivity contribution in [3.05, 3.63) is 53.2 Å². The predicted molar refractivity (Wildman–Crippen MR) is 76.9 cm³/mol. The fourth-order valence-corrected chi connectivity index (χ4v) is 1.88. The first-order valence-corrected chi connectivity index (χ1v) is 6.12. The molecule has 2 rings (SSSR count). The van der Waals surface area contributed by atoms with E-state index >= 15 is 0 Å². The van der Waals surface area contributed by atoms with Crippen LogP contribution in [0.2, 0.25) is 0 Å². The summed E-state index contributed by atoms with van der Waals surface area (Å²) in [5.74, 6) is 0.438. The van der Waals surface area contributed by atoms with Gasteiger partial charge in [-0.05, 0) is 37.1 Å². The summed E-state index contributed by atoms with van der Waals surface area (Å²) in [6, 6.07) is 9.47. The Morgan fingerprint density at radius 3 is 2.68 bits per heavy atom. The number of amides is 1. The Balaban J connectivity index is 2.03. The van der Waals surface area contributed by atoms with Gasteiger partial charge in [-0.2, -0.15) is 0 Å². The van der Waals surface area contributed by atoms with Crippen molar-refractivity contribution in [2.24, 2.45) is 0 Å². The third-order valence-corrected chi connectivity index (χ3v) is 2.90. The number of nitrogens with zero attached hydrogens (tertiary/aromatic N) is 1. The first kappa shape index (κ1) is 13.1. The lowest BCUT2D eigenvalue weighted by molar-refractivity contribution is -0.115. The number of rotatable bonds is 3. The van der Waals surface area contributed by atoms with Crippen molar-refractivity contribution in [3.63, 3.8) is 0 Å². The molecule has 1 aromatic carbocycles. The quantitative estimate of drug-likeness (QED) is 0.885. The molecule has 1 heterocycles. The van der Waals surface area contributed by atoms with Gasteiger partial charge >= 0.3 is 0 Å². The molecule has 3 N–H and O–H groups in total. The van der Waals surface area contributed by atoms with E-state index in [0.717, 1.165) is 11.1 Å². The standard InChI is InChI=1S/C15H17N3O/c1-10-3-4-12(11(2)7-10)8-15(19)18-14-6-5-13(16)9-17-14/h3-7,9H,8,16H2,1-2H3,(H,17,18,19). The van der Waals surface area contributed by atoms with Crippen LogP contribution in [0.1, 0.15) is 16.7 Å². The van der Waals surface area contributed by atoms with Crippen LogP contribution in [0.5, 0.6) is 0 Å². The number of pyridine rings is 1. The van der Waals surface area contributed by atoms with Gasteiger partial charge in [0.2, 0.25) is 5.91 Å². The zero-order valence-corrected chi connectivity index (χ0v) is 11.1. The van der Waals surface area contributed by atoms with Crippen molar-refractivity contribution in [2.75, 3.05) is 11.1 Å². The van der Waals surface area contributed by atoms with Gasteiger partial charge in [-0.3, -0.25) is 4.79 Å². The van der Waals surface area contributed by atoms with Crippen molar-refractivity contribution < 1.29 is 4.79 Å². The number of hydrogen-bond donors (Lipinski definition) is 2. The van der Waals surface area contributed by atoms with Crippen molar-refractivity contribution in [1.29, 1.82) is 0 Å². The molecule has 1 amide bonds. The number of anilines is 2. The molecule has 0 aliphatic rings. The molecule has 0 spiro atoms. The molecular weight excluding hydrogens is 238 g/mol. The zero-order valence-electron chi connectivity index (χ0n) is 11.1. The van der Waals surface area contributed by atoms with E-state index in [1.165, 1.54) is 11.8 Å². The van der Waals surface area contributed by atoms with Crippen LogP contribution in [0, 0.1) is 13.8 Å². The van der Waals surface area contributed by atoms with Crippen molar-refractivity contribution in [1.82, 2.24) is 4.98 Å². The number of nitrogens with two attached hydrogens (primary N) is 1. The van der Waals surface area contributed by atoms with Crippen molar-refractivity contribution in [2.45, 2.75) is 20.3 Å². The monoisotopic (exact) mass is 255 g/mol. The van der Waals surface area contributed by atoms with Crippen molar-refractivity contribution >= 4 is 17.4 Å². The highest BCUT2D eigenvalue weighted by Crippen LogP contribution is 2.12. The number of benzene rings is 1. The summed E-state index contributed by atoms with van der Waals surface area (Å²) in [5.41, 5.74) is 9.46. The molecule has 0 aliphatic heterocycles.